The number of nitriles is 1. The van der Waals surface area contributed by atoms with Gasteiger partial charge in [-0.2, -0.15) is 5.26 Å². The standard InChI is InChI=1S/C19H22N4O2/c1-14-18(15(2)25-21-14)7-8-19(24)23-11-9-22(10-12-23)17-5-3-16(13-20)4-6-17/h3-6H,7-12H2,1-2H3. The Labute approximate surface area is 147 Å². The van der Waals surface area contributed by atoms with E-state index < -0.39 is 0 Å². The average molecular weight is 338 g/mol. The molecule has 0 atom stereocenters. The minimum Gasteiger partial charge on any atom is -0.368 e. The highest BCUT2D eigenvalue weighted by atomic mass is 16.5. The van der Waals surface area contributed by atoms with Crippen molar-refractivity contribution in [1.82, 2.24) is 10.1 Å². The van der Waals surface area contributed by atoms with Crippen molar-refractivity contribution >= 4 is 11.6 Å². The van der Waals surface area contributed by atoms with E-state index >= 15 is 0 Å². The molecular weight excluding hydrogens is 316 g/mol. The third kappa shape index (κ3) is 3.82. The number of carbonyl (C=O) groups excluding carboxylic acids is 1. The van der Waals surface area contributed by atoms with Gasteiger partial charge in [0.25, 0.3) is 0 Å². The Hall–Kier alpha value is -2.81. The van der Waals surface area contributed by atoms with Gasteiger partial charge >= 0.3 is 0 Å². The monoisotopic (exact) mass is 338 g/mol. The molecule has 0 unspecified atom stereocenters. The van der Waals surface area contributed by atoms with Gasteiger partial charge in [-0.25, -0.2) is 0 Å². The molecule has 1 fully saturated rings. The number of hydrogen-bond acceptors (Lipinski definition) is 5. The number of amides is 1. The lowest BCUT2D eigenvalue weighted by atomic mass is 10.1. The van der Waals surface area contributed by atoms with Crippen LogP contribution in [0.4, 0.5) is 5.69 Å². The third-order valence-corrected chi connectivity index (χ3v) is 4.76. The molecule has 0 bridgehead atoms. The molecule has 3 rings (SSSR count). The summed E-state index contributed by atoms with van der Waals surface area (Å²) in [6, 6.07) is 9.72. The number of piperazine rings is 1. The van der Waals surface area contributed by atoms with Crippen LogP contribution in [0.25, 0.3) is 0 Å². The summed E-state index contributed by atoms with van der Waals surface area (Å²) in [5.74, 6) is 0.982. The van der Waals surface area contributed by atoms with Crippen molar-refractivity contribution in [3.8, 4) is 6.07 Å². The molecule has 1 aromatic heterocycles. The molecule has 6 heteroatoms. The Morgan fingerprint density at radius 3 is 2.44 bits per heavy atom. The largest absolute Gasteiger partial charge is 0.368 e. The highest BCUT2D eigenvalue weighted by Gasteiger charge is 2.22. The number of carbonyl (C=O) groups is 1. The van der Waals surface area contributed by atoms with Gasteiger partial charge in [0.15, 0.2) is 0 Å². The normalized spacial score (nSPS) is 14.4. The highest BCUT2D eigenvalue weighted by molar-refractivity contribution is 5.77. The van der Waals surface area contributed by atoms with Crippen molar-refractivity contribution in [1.29, 1.82) is 5.26 Å². The molecule has 2 aromatic rings. The maximum absolute atomic E-state index is 12.5. The number of hydrogen-bond donors (Lipinski definition) is 0. The van der Waals surface area contributed by atoms with Crippen molar-refractivity contribution in [2.75, 3.05) is 31.1 Å². The van der Waals surface area contributed by atoms with Crippen LogP contribution in [0.15, 0.2) is 28.8 Å². The zero-order valence-corrected chi connectivity index (χ0v) is 14.7. The lowest BCUT2D eigenvalue weighted by molar-refractivity contribution is -0.131. The number of aromatic nitrogens is 1. The molecule has 0 saturated carbocycles. The first-order valence-electron chi connectivity index (χ1n) is 8.53. The summed E-state index contributed by atoms with van der Waals surface area (Å²) < 4.78 is 5.15. The van der Waals surface area contributed by atoms with Gasteiger partial charge in [-0.15, -0.1) is 0 Å². The average Bonchev–Trinajstić information content (AvgIpc) is 2.98. The summed E-state index contributed by atoms with van der Waals surface area (Å²) in [5.41, 5.74) is 3.68. The van der Waals surface area contributed by atoms with Crippen LogP contribution >= 0.6 is 0 Å². The quantitative estimate of drug-likeness (QED) is 0.856. The SMILES string of the molecule is Cc1noc(C)c1CCC(=O)N1CCN(c2ccc(C#N)cc2)CC1. The van der Waals surface area contributed by atoms with E-state index in [1.54, 1.807) is 0 Å². The van der Waals surface area contributed by atoms with Crippen LogP contribution in [0.3, 0.4) is 0 Å². The maximum Gasteiger partial charge on any atom is 0.223 e. The second kappa shape index (κ2) is 7.39. The molecule has 25 heavy (non-hydrogen) atoms. The summed E-state index contributed by atoms with van der Waals surface area (Å²) in [7, 11) is 0. The summed E-state index contributed by atoms with van der Waals surface area (Å²) in [4.78, 5) is 16.6. The van der Waals surface area contributed by atoms with Gasteiger partial charge in [0.2, 0.25) is 5.91 Å². The minimum atomic E-state index is 0.180. The predicted molar refractivity (Wildman–Crippen MR) is 94.2 cm³/mol. The van der Waals surface area contributed by atoms with Gasteiger partial charge in [0.1, 0.15) is 5.76 Å². The number of rotatable bonds is 4. The molecule has 1 aromatic carbocycles. The van der Waals surface area contributed by atoms with Gasteiger partial charge < -0.3 is 14.3 Å². The van der Waals surface area contributed by atoms with E-state index in [1.165, 1.54) is 0 Å². The van der Waals surface area contributed by atoms with Crippen LogP contribution in [0.5, 0.6) is 0 Å². The van der Waals surface area contributed by atoms with Crippen LogP contribution in [0.1, 0.15) is 29.0 Å². The molecule has 1 aliphatic rings. The summed E-state index contributed by atoms with van der Waals surface area (Å²) in [6.07, 6.45) is 1.16. The summed E-state index contributed by atoms with van der Waals surface area (Å²) >= 11 is 0. The molecule has 0 N–H and O–H groups in total. The van der Waals surface area contributed by atoms with Gasteiger partial charge in [-0.3, -0.25) is 4.79 Å². The van der Waals surface area contributed by atoms with Crippen LogP contribution in [0, 0.1) is 25.2 Å². The van der Waals surface area contributed by atoms with Crippen LogP contribution in [-0.4, -0.2) is 42.1 Å². The Kier molecular flexibility index (Phi) is 5.03. The first-order valence-corrected chi connectivity index (χ1v) is 8.53. The van der Waals surface area contributed by atoms with Crippen molar-refractivity contribution in [3.63, 3.8) is 0 Å². The van der Waals surface area contributed by atoms with Crippen molar-refractivity contribution in [3.05, 3.63) is 46.8 Å². The molecule has 1 amide bonds. The zero-order chi connectivity index (χ0) is 17.8. The van der Waals surface area contributed by atoms with E-state index in [0.717, 1.165) is 48.9 Å². The first kappa shape index (κ1) is 17.0. The van der Waals surface area contributed by atoms with E-state index in [9.17, 15) is 4.79 Å². The molecule has 0 aliphatic carbocycles. The first-order chi connectivity index (χ1) is 12.1. The Balaban J connectivity index is 1.51. The third-order valence-electron chi connectivity index (χ3n) is 4.76. The van der Waals surface area contributed by atoms with Crippen LogP contribution < -0.4 is 4.90 Å². The molecule has 2 heterocycles. The van der Waals surface area contributed by atoms with E-state index in [-0.39, 0.29) is 5.91 Å². The van der Waals surface area contributed by atoms with E-state index in [4.69, 9.17) is 9.78 Å². The Morgan fingerprint density at radius 2 is 1.88 bits per heavy atom. The summed E-state index contributed by atoms with van der Waals surface area (Å²) in [5, 5.41) is 12.8. The van der Waals surface area contributed by atoms with E-state index in [0.29, 0.717) is 18.4 Å². The predicted octanol–water partition coefficient (Wildman–Crippen LogP) is 2.44. The lowest BCUT2D eigenvalue weighted by Crippen LogP contribution is -2.48. The van der Waals surface area contributed by atoms with Crippen molar-refractivity contribution < 1.29 is 9.32 Å². The van der Waals surface area contributed by atoms with Gasteiger partial charge in [-0.05, 0) is 44.5 Å². The molecule has 1 saturated heterocycles. The minimum absolute atomic E-state index is 0.180. The van der Waals surface area contributed by atoms with Gasteiger partial charge in [-0.1, -0.05) is 5.16 Å². The molecule has 6 nitrogen and oxygen atoms in total. The topological polar surface area (TPSA) is 73.4 Å². The van der Waals surface area contributed by atoms with E-state index in [1.807, 2.05) is 43.0 Å². The number of aryl methyl sites for hydroxylation is 2. The second-order valence-corrected chi connectivity index (χ2v) is 6.33. The molecule has 0 spiro atoms. The molecular formula is C19H22N4O2. The highest BCUT2D eigenvalue weighted by Crippen LogP contribution is 2.19. The Bertz CT molecular complexity index is 761. The van der Waals surface area contributed by atoms with Crippen LogP contribution in [0.2, 0.25) is 0 Å². The number of nitrogens with zero attached hydrogens (tertiary/aromatic N) is 4. The van der Waals surface area contributed by atoms with Crippen molar-refractivity contribution in [2.24, 2.45) is 0 Å². The second-order valence-electron chi connectivity index (χ2n) is 6.33. The Morgan fingerprint density at radius 1 is 1.20 bits per heavy atom. The lowest BCUT2D eigenvalue weighted by Gasteiger charge is -2.36. The zero-order valence-electron chi connectivity index (χ0n) is 14.7. The molecule has 0 radical (unpaired) electrons. The van der Waals surface area contributed by atoms with Gasteiger partial charge in [0.05, 0.1) is 17.3 Å². The molecule has 130 valence electrons. The number of anilines is 1. The fourth-order valence-corrected chi connectivity index (χ4v) is 3.21. The fraction of sp³-hybridized carbons (Fsp3) is 0.421. The van der Waals surface area contributed by atoms with E-state index in [2.05, 4.69) is 16.1 Å². The maximum atomic E-state index is 12.5. The van der Waals surface area contributed by atoms with Gasteiger partial charge in [0, 0.05) is 43.9 Å². The summed E-state index contributed by atoms with van der Waals surface area (Å²) in [6.45, 7) is 6.86. The van der Waals surface area contributed by atoms with Crippen LogP contribution in [-0.2, 0) is 11.2 Å². The van der Waals surface area contributed by atoms with Crippen molar-refractivity contribution in [2.45, 2.75) is 26.7 Å². The fourth-order valence-electron chi connectivity index (χ4n) is 3.21. The smallest absolute Gasteiger partial charge is 0.223 e. The molecule has 1 aliphatic heterocycles. The number of benzene rings is 1.